The number of aliphatic hydroxyl groups excluding tert-OH is 1. The van der Waals surface area contributed by atoms with Crippen LogP contribution in [0.2, 0.25) is 0 Å². The lowest BCUT2D eigenvalue weighted by atomic mass is 10.1. The first-order valence-corrected chi connectivity index (χ1v) is 7.17. The minimum absolute atomic E-state index is 0.363. The van der Waals surface area contributed by atoms with Crippen LogP contribution in [0.15, 0.2) is 23.7 Å². The van der Waals surface area contributed by atoms with E-state index in [2.05, 4.69) is 15.2 Å². The molecule has 3 rings (SSSR count). The van der Waals surface area contributed by atoms with Crippen molar-refractivity contribution in [1.29, 1.82) is 0 Å². The van der Waals surface area contributed by atoms with Crippen LogP contribution >= 0.6 is 11.3 Å². The van der Waals surface area contributed by atoms with Crippen molar-refractivity contribution in [2.75, 3.05) is 17.3 Å². The van der Waals surface area contributed by atoms with Crippen molar-refractivity contribution in [1.82, 2.24) is 4.98 Å². The van der Waals surface area contributed by atoms with Crippen LogP contribution in [0, 0.1) is 6.92 Å². The number of benzene rings is 1. The quantitative estimate of drug-likeness (QED) is 0.908. The minimum Gasteiger partial charge on any atom is -0.378 e. The van der Waals surface area contributed by atoms with Crippen LogP contribution in [-0.2, 0) is 11.3 Å². The Labute approximate surface area is 120 Å². The Morgan fingerprint density at radius 3 is 3.00 bits per heavy atom. The third-order valence-corrected chi connectivity index (χ3v) is 4.42. The van der Waals surface area contributed by atoms with E-state index in [-0.39, 0.29) is 5.91 Å². The van der Waals surface area contributed by atoms with Gasteiger partial charge in [-0.05, 0) is 19.1 Å². The van der Waals surface area contributed by atoms with Gasteiger partial charge in [0.25, 0.3) is 5.91 Å². The number of nitrogens with one attached hydrogen (secondary N) is 1. The highest BCUT2D eigenvalue weighted by Crippen LogP contribution is 2.34. The van der Waals surface area contributed by atoms with E-state index in [0.717, 1.165) is 17.9 Å². The van der Waals surface area contributed by atoms with E-state index in [9.17, 15) is 9.90 Å². The van der Waals surface area contributed by atoms with Gasteiger partial charge in [0.1, 0.15) is 0 Å². The van der Waals surface area contributed by atoms with E-state index in [1.165, 1.54) is 4.88 Å². The van der Waals surface area contributed by atoms with Gasteiger partial charge in [-0.15, -0.1) is 11.3 Å². The van der Waals surface area contributed by atoms with Gasteiger partial charge in [0.2, 0.25) is 0 Å². The largest absolute Gasteiger partial charge is 0.378 e. The van der Waals surface area contributed by atoms with Crippen LogP contribution in [0.25, 0.3) is 0 Å². The maximum Gasteiger partial charge on any atom is 0.257 e. The van der Waals surface area contributed by atoms with Gasteiger partial charge in [-0.3, -0.25) is 4.79 Å². The van der Waals surface area contributed by atoms with Crippen LogP contribution in [0.3, 0.4) is 0 Å². The van der Waals surface area contributed by atoms with Crippen LogP contribution in [-0.4, -0.2) is 23.0 Å². The number of aromatic nitrogens is 1. The highest BCUT2D eigenvalue weighted by molar-refractivity contribution is 7.09. The summed E-state index contributed by atoms with van der Waals surface area (Å²) < 4.78 is 0. The molecule has 1 unspecified atom stereocenters. The Balaban J connectivity index is 1.83. The molecule has 0 bridgehead atoms. The normalized spacial score (nSPS) is 16.9. The number of thiazole rings is 1. The monoisotopic (exact) mass is 289 g/mol. The maximum atomic E-state index is 11.4. The zero-order valence-electron chi connectivity index (χ0n) is 11.3. The third-order valence-electron chi connectivity index (χ3n) is 3.50. The van der Waals surface area contributed by atoms with E-state index in [4.69, 9.17) is 0 Å². The molecule has 0 aliphatic carbocycles. The van der Waals surface area contributed by atoms with Gasteiger partial charge in [-0.25, -0.2) is 4.98 Å². The van der Waals surface area contributed by atoms with Crippen LogP contribution < -0.4 is 10.2 Å². The second-order valence-electron chi connectivity index (χ2n) is 4.88. The number of carbonyl (C=O) groups excluding carboxylic acids is 1. The molecule has 1 aromatic carbocycles. The summed E-state index contributed by atoms with van der Waals surface area (Å²) in [5, 5.41) is 12.4. The Hall–Kier alpha value is -1.92. The fraction of sp³-hybridized carbons (Fsp3) is 0.286. The van der Waals surface area contributed by atoms with Gasteiger partial charge in [0, 0.05) is 28.9 Å². The summed E-state index contributed by atoms with van der Waals surface area (Å²) in [6.07, 6.45) is -1.05. The lowest BCUT2D eigenvalue weighted by Crippen LogP contribution is -2.16. The van der Waals surface area contributed by atoms with E-state index in [0.29, 0.717) is 11.3 Å². The molecule has 20 heavy (non-hydrogen) atoms. The van der Waals surface area contributed by atoms with Crippen molar-refractivity contribution in [3.8, 4) is 0 Å². The fourth-order valence-corrected chi connectivity index (χ4v) is 3.08. The Kier molecular flexibility index (Phi) is 3.19. The molecule has 1 aliphatic heterocycles. The van der Waals surface area contributed by atoms with Gasteiger partial charge < -0.3 is 15.3 Å². The van der Waals surface area contributed by atoms with Crippen molar-refractivity contribution in [2.24, 2.45) is 0 Å². The number of amides is 1. The van der Waals surface area contributed by atoms with Gasteiger partial charge in [0.15, 0.2) is 6.10 Å². The number of hydrogen-bond acceptors (Lipinski definition) is 5. The molecule has 1 atom stereocenters. The Bertz CT molecular complexity index is 668. The average Bonchev–Trinajstić information content (AvgIpc) is 2.95. The highest BCUT2D eigenvalue weighted by atomic mass is 32.1. The van der Waals surface area contributed by atoms with E-state index in [1.54, 1.807) is 17.4 Å². The maximum absolute atomic E-state index is 11.4. The second-order valence-corrected chi connectivity index (χ2v) is 5.82. The summed E-state index contributed by atoms with van der Waals surface area (Å²) in [4.78, 5) is 19.0. The molecule has 0 spiro atoms. The molecule has 1 aromatic heterocycles. The smallest absolute Gasteiger partial charge is 0.257 e. The van der Waals surface area contributed by atoms with E-state index >= 15 is 0 Å². The molecule has 1 amide bonds. The number of hydrogen-bond donors (Lipinski definition) is 2. The molecular formula is C14H15N3O2S. The number of aliphatic hydroxyl groups is 1. The predicted molar refractivity (Wildman–Crippen MR) is 79.0 cm³/mol. The molecule has 2 heterocycles. The van der Waals surface area contributed by atoms with Crippen LogP contribution in [0.4, 0.5) is 11.4 Å². The highest BCUT2D eigenvalue weighted by Gasteiger charge is 2.28. The second kappa shape index (κ2) is 4.88. The summed E-state index contributed by atoms with van der Waals surface area (Å²) >= 11 is 1.64. The first-order chi connectivity index (χ1) is 9.56. The molecule has 0 saturated carbocycles. The van der Waals surface area contributed by atoms with Gasteiger partial charge >= 0.3 is 0 Å². The topological polar surface area (TPSA) is 65.5 Å². The van der Waals surface area contributed by atoms with Gasteiger partial charge in [0.05, 0.1) is 17.7 Å². The lowest BCUT2D eigenvalue weighted by Gasteiger charge is -2.19. The first-order valence-electron chi connectivity index (χ1n) is 6.29. The van der Waals surface area contributed by atoms with Crippen molar-refractivity contribution in [3.63, 3.8) is 0 Å². The zero-order chi connectivity index (χ0) is 14.3. The minimum atomic E-state index is -1.05. The molecule has 0 fully saturated rings. The molecule has 104 valence electrons. The summed E-state index contributed by atoms with van der Waals surface area (Å²) in [5.74, 6) is -0.363. The number of rotatable bonds is 3. The fourth-order valence-electron chi connectivity index (χ4n) is 2.26. The summed E-state index contributed by atoms with van der Waals surface area (Å²) in [6.45, 7) is 2.77. The molecular weight excluding hydrogens is 274 g/mol. The molecule has 5 nitrogen and oxygen atoms in total. The number of anilines is 2. The number of carbonyl (C=O) groups is 1. The summed E-state index contributed by atoms with van der Waals surface area (Å²) in [7, 11) is 1.99. The molecule has 1 aliphatic rings. The lowest BCUT2D eigenvalue weighted by molar-refractivity contribution is -0.123. The van der Waals surface area contributed by atoms with Crippen molar-refractivity contribution in [3.05, 3.63) is 39.8 Å². The SMILES string of the molecule is Cc1ncsc1CN(C)c1ccc2c(c1)NC(=O)C2O. The Morgan fingerprint density at radius 1 is 1.50 bits per heavy atom. The van der Waals surface area contributed by atoms with E-state index in [1.807, 2.05) is 31.6 Å². The number of nitrogens with zero attached hydrogens (tertiary/aromatic N) is 2. The summed E-state index contributed by atoms with van der Waals surface area (Å²) in [5.41, 5.74) is 5.21. The van der Waals surface area contributed by atoms with Crippen LogP contribution in [0.5, 0.6) is 0 Å². The predicted octanol–water partition coefficient (Wildman–Crippen LogP) is 2.07. The summed E-state index contributed by atoms with van der Waals surface area (Å²) in [6, 6.07) is 5.60. The van der Waals surface area contributed by atoms with Crippen molar-refractivity contribution >= 4 is 28.6 Å². The molecule has 0 radical (unpaired) electrons. The Morgan fingerprint density at radius 2 is 2.30 bits per heavy atom. The molecule has 2 N–H and O–H groups in total. The first kappa shape index (κ1) is 13.1. The van der Waals surface area contributed by atoms with Crippen molar-refractivity contribution < 1.29 is 9.90 Å². The molecule has 6 heteroatoms. The van der Waals surface area contributed by atoms with E-state index < -0.39 is 6.10 Å². The molecule has 2 aromatic rings. The number of aryl methyl sites for hydroxylation is 1. The zero-order valence-corrected chi connectivity index (χ0v) is 12.1. The average molecular weight is 289 g/mol. The molecule has 0 saturated heterocycles. The van der Waals surface area contributed by atoms with Gasteiger partial charge in [-0.2, -0.15) is 0 Å². The van der Waals surface area contributed by atoms with Crippen molar-refractivity contribution in [2.45, 2.75) is 19.6 Å². The standard InChI is InChI=1S/C14H15N3O2S/c1-8-12(20-7-15-8)6-17(2)9-3-4-10-11(5-9)16-14(19)13(10)18/h3-5,7,13,18H,6H2,1-2H3,(H,16,19). The van der Waals surface area contributed by atoms with Gasteiger partial charge in [-0.1, -0.05) is 6.07 Å². The van der Waals surface area contributed by atoms with Crippen LogP contribution in [0.1, 0.15) is 22.2 Å². The number of fused-ring (bicyclic) bond motifs is 1. The third kappa shape index (κ3) is 2.17.